The molecule has 0 bridgehead atoms. The molecule has 0 fully saturated rings. The minimum absolute atomic E-state index is 0.0104. The van der Waals surface area contributed by atoms with Crippen LogP contribution in [0.5, 0.6) is 0 Å². The maximum Gasteiger partial charge on any atom is 0.250 e. The highest BCUT2D eigenvalue weighted by Crippen LogP contribution is 2.18. The van der Waals surface area contributed by atoms with E-state index in [9.17, 15) is 28.8 Å². The van der Waals surface area contributed by atoms with Crippen molar-refractivity contribution in [2.24, 2.45) is 5.73 Å². The number of rotatable bonds is 24. The van der Waals surface area contributed by atoms with Crippen molar-refractivity contribution in [2.75, 3.05) is 92.4 Å². The number of nitrogen functional groups attached to an aromatic ring is 3. The lowest BCUT2D eigenvalue weighted by Crippen LogP contribution is -2.51. The van der Waals surface area contributed by atoms with E-state index in [0.29, 0.717) is 34.1 Å². The summed E-state index contributed by atoms with van der Waals surface area (Å²) in [4.78, 5) is 75.1. The normalized spacial score (nSPS) is 10.9. The second-order valence-corrected chi connectivity index (χ2v) is 12.6. The van der Waals surface area contributed by atoms with Crippen LogP contribution in [-0.2, 0) is 43.0 Å². The molecule has 0 aliphatic carbocycles. The van der Waals surface area contributed by atoms with Crippen LogP contribution >= 0.6 is 0 Å². The minimum Gasteiger partial charge on any atom is -0.399 e. The van der Waals surface area contributed by atoms with E-state index in [1.807, 2.05) is 0 Å². The first-order chi connectivity index (χ1) is 26.8. The van der Waals surface area contributed by atoms with Crippen LogP contribution in [0.1, 0.15) is 19.3 Å². The molecule has 0 spiro atoms. The molecule has 0 aliphatic heterocycles. The summed E-state index contributed by atoms with van der Waals surface area (Å²) in [7, 11) is 0. The van der Waals surface area contributed by atoms with E-state index in [4.69, 9.17) is 37.1 Å². The van der Waals surface area contributed by atoms with Crippen molar-refractivity contribution < 1.29 is 43.0 Å². The number of hydrogen-bond acceptors (Lipinski definition) is 13. The van der Waals surface area contributed by atoms with Crippen LogP contribution in [0.25, 0.3) is 0 Å². The van der Waals surface area contributed by atoms with Crippen LogP contribution in [0.3, 0.4) is 0 Å². The number of anilines is 6. The van der Waals surface area contributed by atoms with E-state index in [2.05, 4.69) is 31.9 Å². The van der Waals surface area contributed by atoms with E-state index < -0.39 is 60.2 Å². The molecule has 3 aromatic rings. The summed E-state index contributed by atoms with van der Waals surface area (Å²) >= 11 is 0. The number of carbonyl (C=O) groups is 6. The van der Waals surface area contributed by atoms with E-state index in [-0.39, 0.29) is 59.3 Å². The van der Waals surface area contributed by atoms with Crippen LogP contribution in [0.15, 0.2) is 72.8 Å². The monoisotopic (exact) mass is 778 g/mol. The fraction of sp³-hybridized carbons (Fsp3) is 0.351. The standard InChI is InChI=1S/C37H50N10O9/c38-25-4-1-7-28(16-25)45-34(51)22-54-13-10-42-31(48)19-37(41,20-32(49)43-11-14-55-23-35(52)46-29-8-2-5-26(39)17-29)21-33(50)44-12-15-56-24-36(53)47-30-9-3-6-27(40)18-30/h1-9,16-18H,10-15,19-24,38-41H2,(H,42,48)(H,43,49)(H,44,50)(H,45,51)(H,46,52)(H,47,53). The number of benzene rings is 3. The summed E-state index contributed by atoms with van der Waals surface area (Å²) in [6.45, 7) is -0.814. The van der Waals surface area contributed by atoms with Gasteiger partial charge in [-0.05, 0) is 54.6 Å². The smallest absolute Gasteiger partial charge is 0.250 e. The van der Waals surface area contributed by atoms with Gasteiger partial charge in [0.05, 0.1) is 19.8 Å². The SMILES string of the molecule is Nc1cccc(NC(=O)COCCNC(=O)CC(N)(CC(=O)NCCOCC(=O)Nc2cccc(N)c2)CC(=O)NCCOCC(=O)Nc2cccc(N)c2)c1. The van der Waals surface area contributed by atoms with Crippen molar-refractivity contribution in [2.45, 2.75) is 24.8 Å². The Kier molecular flexibility index (Phi) is 18.5. The number of amides is 6. The summed E-state index contributed by atoms with van der Waals surface area (Å²) in [6, 6.07) is 19.9. The van der Waals surface area contributed by atoms with Crippen molar-refractivity contribution >= 4 is 69.6 Å². The quantitative estimate of drug-likeness (QED) is 0.0421. The van der Waals surface area contributed by atoms with Gasteiger partial charge in [0, 0.05) is 78.6 Å². The molecule has 19 heteroatoms. The Morgan fingerprint density at radius 1 is 0.464 bits per heavy atom. The van der Waals surface area contributed by atoms with Crippen molar-refractivity contribution in [3.8, 4) is 0 Å². The van der Waals surface area contributed by atoms with Crippen LogP contribution in [0.2, 0.25) is 0 Å². The molecule has 14 N–H and O–H groups in total. The minimum atomic E-state index is -1.62. The Balaban J connectivity index is 1.42. The maximum absolute atomic E-state index is 12.9. The molecule has 0 atom stereocenters. The summed E-state index contributed by atoms with van der Waals surface area (Å²) in [5, 5.41) is 15.8. The molecule has 0 saturated carbocycles. The molecule has 3 aromatic carbocycles. The molecule has 0 aliphatic rings. The molecule has 0 unspecified atom stereocenters. The first-order valence-corrected chi connectivity index (χ1v) is 17.6. The van der Waals surface area contributed by atoms with Gasteiger partial charge in [-0.25, -0.2) is 0 Å². The summed E-state index contributed by atoms with van der Waals surface area (Å²) in [6.07, 6.45) is -1.23. The van der Waals surface area contributed by atoms with Crippen molar-refractivity contribution in [3.05, 3.63) is 72.8 Å². The van der Waals surface area contributed by atoms with Gasteiger partial charge in [0.25, 0.3) is 0 Å². The first-order valence-electron chi connectivity index (χ1n) is 17.6. The zero-order valence-electron chi connectivity index (χ0n) is 30.9. The number of nitrogens with two attached hydrogens (primary N) is 4. The fourth-order valence-electron chi connectivity index (χ4n) is 5.06. The Labute approximate surface area is 323 Å². The molecule has 0 saturated heterocycles. The van der Waals surface area contributed by atoms with E-state index in [1.54, 1.807) is 72.8 Å². The average Bonchev–Trinajstić information content (AvgIpc) is 3.11. The molecule has 3 rings (SSSR count). The van der Waals surface area contributed by atoms with Gasteiger partial charge in [0.1, 0.15) is 19.8 Å². The molecule has 6 amide bonds. The molecule has 0 aromatic heterocycles. The number of ether oxygens (including phenoxy) is 3. The Hall–Kier alpha value is -6.28. The predicted octanol–water partition coefficient (Wildman–Crippen LogP) is -0.0847. The highest BCUT2D eigenvalue weighted by atomic mass is 16.5. The topological polar surface area (TPSA) is 306 Å². The summed E-state index contributed by atoms with van der Waals surface area (Å²) < 4.78 is 16.0. The van der Waals surface area contributed by atoms with Crippen molar-refractivity contribution in [3.63, 3.8) is 0 Å². The van der Waals surface area contributed by atoms with Gasteiger partial charge in [0.15, 0.2) is 0 Å². The third-order valence-electron chi connectivity index (χ3n) is 7.45. The second kappa shape index (κ2) is 23.5. The molecular formula is C37H50N10O9. The molecular weight excluding hydrogens is 728 g/mol. The third-order valence-corrected chi connectivity index (χ3v) is 7.45. The first kappa shape index (κ1) is 44.1. The van der Waals surface area contributed by atoms with Gasteiger partial charge in [-0.2, -0.15) is 0 Å². The molecule has 0 radical (unpaired) electrons. The fourth-order valence-corrected chi connectivity index (χ4v) is 5.06. The average molecular weight is 779 g/mol. The van der Waals surface area contributed by atoms with Crippen molar-refractivity contribution in [1.29, 1.82) is 0 Å². The largest absolute Gasteiger partial charge is 0.399 e. The molecule has 0 heterocycles. The second-order valence-electron chi connectivity index (χ2n) is 12.6. The zero-order chi connectivity index (χ0) is 40.8. The van der Waals surface area contributed by atoms with Gasteiger partial charge >= 0.3 is 0 Å². The molecule has 56 heavy (non-hydrogen) atoms. The van der Waals surface area contributed by atoms with Gasteiger partial charge in [-0.15, -0.1) is 0 Å². The van der Waals surface area contributed by atoms with Crippen LogP contribution in [-0.4, -0.2) is 100 Å². The van der Waals surface area contributed by atoms with E-state index in [0.717, 1.165) is 0 Å². The van der Waals surface area contributed by atoms with Crippen LogP contribution in [0.4, 0.5) is 34.1 Å². The van der Waals surface area contributed by atoms with Gasteiger partial charge in [-0.1, -0.05) is 18.2 Å². The lowest BCUT2D eigenvalue weighted by molar-refractivity contribution is -0.127. The zero-order valence-corrected chi connectivity index (χ0v) is 30.9. The maximum atomic E-state index is 12.9. The molecule has 19 nitrogen and oxygen atoms in total. The van der Waals surface area contributed by atoms with Crippen LogP contribution < -0.4 is 54.8 Å². The highest BCUT2D eigenvalue weighted by molar-refractivity contribution is 5.93. The number of carbonyl (C=O) groups excluding carboxylic acids is 6. The summed E-state index contributed by atoms with van der Waals surface area (Å²) in [5.41, 5.74) is 25.0. The van der Waals surface area contributed by atoms with Gasteiger partial charge in [-0.3, -0.25) is 28.8 Å². The van der Waals surface area contributed by atoms with Crippen LogP contribution in [0, 0.1) is 0 Å². The van der Waals surface area contributed by atoms with Crippen molar-refractivity contribution in [1.82, 2.24) is 16.0 Å². The van der Waals surface area contributed by atoms with Gasteiger partial charge in [0.2, 0.25) is 35.4 Å². The Bertz CT molecular complexity index is 1590. The Morgan fingerprint density at radius 3 is 1.02 bits per heavy atom. The predicted molar refractivity (Wildman–Crippen MR) is 211 cm³/mol. The van der Waals surface area contributed by atoms with Gasteiger partial charge < -0.3 is 69.0 Å². The van der Waals surface area contributed by atoms with E-state index >= 15 is 0 Å². The van der Waals surface area contributed by atoms with E-state index in [1.165, 1.54) is 0 Å². The number of nitrogens with one attached hydrogen (secondary N) is 6. The Morgan fingerprint density at radius 2 is 0.750 bits per heavy atom. The lowest BCUT2D eigenvalue weighted by atomic mass is 9.87. The number of hydrogen-bond donors (Lipinski definition) is 10. The molecule has 302 valence electrons. The highest BCUT2D eigenvalue weighted by Gasteiger charge is 2.33. The lowest BCUT2D eigenvalue weighted by Gasteiger charge is -2.28. The third kappa shape index (κ3) is 18.7. The summed E-state index contributed by atoms with van der Waals surface area (Å²) in [5.74, 6) is -2.95.